The van der Waals surface area contributed by atoms with Crippen LogP contribution in [0.1, 0.15) is 25.5 Å². The van der Waals surface area contributed by atoms with Crippen molar-refractivity contribution in [1.82, 2.24) is 0 Å². The molecular formula is C11H17BrN2. The molecule has 0 heterocycles. The Morgan fingerprint density at radius 2 is 2.14 bits per heavy atom. The van der Waals surface area contributed by atoms with Crippen molar-refractivity contribution < 1.29 is 0 Å². The van der Waals surface area contributed by atoms with E-state index < -0.39 is 0 Å². The molecule has 0 amide bonds. The largest absolute Gasteiger partial charge is 0.375 e. The average Bonchev–Trinajstić information content (AvgIpc) is 2.16. The molecule has 0 radical (unpaired) electrons. The molecule has 0 saturated heterocycles. The number of hydrogen-bond donors (Lipinski definition) is 1. The third kappa shape index (κ3) is 2.49. The van der Waals surface area contributed by atoms with Crippen LogP contribution in [0.25, 0.3) is 0 Å². The summed E-state index contributed by atoms with van der Waals surface area (Å²) in [5.74, 6) is 0. The molecule has 0 saturated carbocycles. The molecule has 1 rings (SSSR count). The van der Waals surface area contributed by atoms with Crippen molar-refractivity contribution in [3.05, 3.63) is 28.2 Å². The highest BCUT2D eigenvalue weighted by molar-refractivity contribution is 9.10. The predicted molar refractivity (Wildman–Crippen MR) is 65.7 cm³/mol. The molecule has 3 heteroatoms. The van der Waals surface area contributed by atoms with Crippen LogP contribution in [-0.4, -0.2) is 13.6 Å². The first-order chi connectivity index (χ1) is 6.56. The first-order valence-electron chi connectivity index (χ1n) is 4.82. The molecule has 1 aromatic rings. The summed E-state index contributed by atoms with van der Waals surface area (Å²) in [7, 11) is 2.08. The van der Waals surface area contributed by atoms with Crippen LogP contribution in [-0.2, 0) is 0 Å². The number of hydrogen-bond acceptors (Lipinski definition) is 2. The van der Waals surface area contributed by atoms with Crippen LogP contribution >= 0.6 is 15.9 Å². The Kier molecular flexibility index (Phi) is 3.96. The lowest BCUT2D eigenvalue weighted by Gasteiger charge is -2.22. The van der Waals surface area contributed by atoms with Crippen molar-refractivity contribution in [2.75, 3.05) is 18.5 Å². The zero-order valence-corrected chi connectivity index (χ0v) is 10.5. The van der Waals surface area contributed by atoms with E-state index in [1.165, 1.54) is 11.3 Å². The Hall–Kier alpha value is -0.540. The summed E-state index contributed by atoms with van der Waals surface area (Å²) in [5, 5.41) is 0. The van der Waals surface area contributed by atoms with E-state index in [4.69, 9.17) is 5.73 Å². The second-order valence-electron chi connectivity index (χ2n) is 3.51. The summed E-state index contributed by atoms with van der Waals surface area (Å²) in [4.78, 5) is 2.20. The predicted octanol–water partition coefficient (Wildman–Crippen LogP) is 2.92. The molecule has 0 spiro atoms. The lowest BCUT2D eigenvalue weighted by atomic mass is 10.1. The quantitative estimate of drug-likeness (QED) is 0.902. The summed E-state index contributed by atoms with van der Waals surface area (Å²) in [6.07, 6.45) is 0. The first-order valence-corrected chi connectivity index (χ1v) is 5.61. The Labute approximate surface area is 94.2 Å². The van der Waals surface area contributed by atoms with E-state index in [2.05, 4.69) is 46.9 Å². The molecular weight excluding hydrogens is 240 g/mol. The number of rotatable bonds is 3. The van der Waals surface area contributed by atoms with Gasteiger partial charge in [0.1, 0.15) is 0 Å². The molecule has 78 valence electrons. The second kappa shape index (κ2) is 4.80. The third-order valence-electron chi connectivity index (χ3n) is 2.37. The second-order valence-corrected chi connectivity index (χ2v) is 4.42. The van der Waals surface area contributed by atoms with E-state index in [1.807, 2.05) is 13.0 Å². The Bertz CT molecular complexity index is 310. The summed E-state index contributed by atoms with van der Waals surface area (Å²) < 4.78 is 1.09. The molecule has 0 aromatic heterocycles. The fourth-order valence-electron chi connectivity index (χ4n) is 1.40. The zero-order chi connectivity index (χ0) is 10.7. The maximum atomic E-state index is 5.92. The van der Waals surface area contributed by atoms with Gasteiger partial charge >= 0.3 is 0 Å². The molecule has 14 heavy (non-hydrogen) atoms. The van der Waals surface area contributed by atoms with Gasteiger partial charge in [0.25, 0.3) is 0 Å². The standard InChI is InChI=1S/C11H17BrN2/c1-4-14(3)11-7-9(12)5-6-10(11)8(2)13/h5-8H,4,13H2,1-3H3. The van der Waals surface area contributed by atoms with Crippen LogP contribution in [0, 0.1) is 0 Å². The Morgan fingerprint density at radius 3 is 2.64 bits per heavy atom. The summed E-state index contributed by atoms with van der Waals surface area (Å²) in [6.45, 7) is 5.12. The maximum absolute atomic E-state index is 5.92. The highest BCUT2D eigenvalue weighted by atomic mass is 79.9. The van der Waals surface area contributed by atoms with E-state index in [0.29, 0.717) is 0 Å². The number of nitrogens with zero attached hydrogens (tertiary/aromatic N) is 1. The molecule has 0 aliphatic carbocycles. The van der Waals surface area contributed by atoms with Crippen molar-refractivity contribution in [1.29, 1.82) is 0 Å². The van der Waals surface area contributed by atoms with Crippen LogP contribution in [0.5, 0.6) is 0 Å². The highest BCUT2D eigenvalue weighted by Crippen LogP contribution is 2.27. The van der Waals surface area contributed by atoms with E-state index >= 15 is 0 Å². The van der Waals surface area contributed by atoms with Crippen LogP contribution in [0.15, 0.2) is 22.7 Å². The maximum Gasteiger partial charge on any atom is 0.0423 e. The van der Waals surface area contributed by atoms with Gasteiger partial charge in [0, 0.05) is 29.8 Å². The molecule has 1 unspecified atom stereocenters. The van der Waals surface area contributed by atoms with Crippen molar-refractivity contribution in [3.63, 3.8) is 0 Å². The van der Waals surface area contributed by atoms with Gasteiger partial charge in [-0.15, -0.1) is 0 Å². The first kappa shape index (κ1) is 11.5. The van der Waals surface area contributed by atoms with Gasteiger partial charge in [-0.25, -0.2) is 0 Å². The van der Waals surface area contributed by atoms with Crippen molar-refractivity contribution >= 4 is 21.6 Å². The normalized spacial score (nSPS) is 12.6. The lowest BCUT2D eigenvalue weighted by molar-refractivity contribution is 0.806. The van der Waals surface area contributed by atoms with Crippen LogP contribution in [0.3, 0.4) is 0 Å². The van der Waals surface area contributed by atoms with Gasteiger partial charge in [0.05, 0.1) is 0 Å². The van der Waals surface area contributed by atoms with E-state index in [9.17, 15) is 0 Å². The number of nitrogens with two attached hydrogens (primary N) is 1. The van der Waals surface area contributed by atoms with Crippen LogP contribution in [0.2, 0.25) is 0 Å². The van der Waals surface area contributed by atoms with Crippen LogP contribution in [0.4, 0.5) is 5.69 Å². The molecule has 2 N–H and O–H groups in total. The minimum absolute atomic E-state index is 0.0760. The van der Waals surface area contributed by atoms with Gasteiger partial charge in [-0.3, -0.25) is 0 Å². The molecule has 0 fully saturated rings. The fourth-order valence-corrected chi connectivity index (χ4v) is 1.75. The van der Waals surface area contributed by atoms with Gasteiger partial charge in [-0.1, -0.05) is 22.0 Å². The monoisotopic (exact) mass is 256 g/mol. The fraction of sp³-hybridized carbons (Fsp3) is 0.455. The summed E-state index contributed by atoms with van der Waals surface area (Å²) in [6, 6.07) is 6.30. The van der Waals surface area contributed by atoms with E-state index in [0.717, 1.165) is 11.0 Å². The van der Waals surface area contributed by atoms with Gasteiger partial charge in [0.15, 0.2) is 0 Å². The molecule has 1 aromatic carbocycles. The van der Waals surface area contributed by atoms with Gasteiger partial charge in [-0.2, -0.15) is 0 Å². The van der Waals surface area contributed by atoms with E-state index in [-0.39, 0.29) is 6.04 Å². The zero-order valence-electron chi connectivity index (χ0n) is 8.92. The van der Waals surface area contributed by atoms with Crippen molar-refractivity contribution in [2.24, 2.45) is 5.73 Å². The average molecular weight is 257 g/mol. The molecule has 0 aliphatic rings. The van der Waals surface area contributed by atoms with Crippen molar-refractivity contribution in [3.8, 4) is 0 Å². The molecule has 2 nitrogen and oxygen atoms in total. The third-order valence-corrected chi connectivity index (χ3v) is 2.86. The minimum atomic E-state index is 0.0760. The smallest absolute Gasteiger partial charge is 0.0423 e. The molecule has 1 atom stereocenters. The van der Waals surface area contributed by atoms with E-state index in [1.54, 1.807) is 0 Å². The highest BCUT2D eigenvalue weighted by Gasteiger charge is 2.09. The Balaban J connectivity index is 3.15. The van der Waals surface area contributed by atoms with Gasteiger partial charge < -0.3 is 10.6 Å². The minimum Gasteiger partial charge on any atom is -0.375 e. The van der Waals surface area contributed by atoms with Crippen LogP contribution < -0.4 is 10.6 Å². The molecule has 0 bridgehead atoms. The number of benzene rings is 1. The Morgan fingerprint density at radius 1 is 1.50 bits per heavy atom. The topological polar surface area (TPSA) is 29.3 Å². The summed E-state index contributed by atoms with van der Waals surface area (Å²) in [5.41, 5.74) is 8.31. The van der Waals surface area contributed by atoms with Gasteiger partial charge in [-0.05, 0) is 31.5 Å². The molecule has 0 aliphatic heterocycles. The summed E-state index contributed by atoms with van der Waals surface area (Å²) >= 11 is 3.48. The number of halogens is 1. The SMILES string of the molecule is CCN(C)c1cc(Br)ccc1C(C)N. The lowest BCUT2D eigenvalue weighted by Crippen LogP contribution is -2.19. The number of anilines is 1. The van der Waals surface area contributed by atoms with Gasteiger partial charge in [0.2, 0.25) is 0 Å². The van der Waals surface area contributed by atoms with Crippen molar-refractivity contribution in [2.45, 2.75) is 19.9 Å².